The summed E-state index contributed by atoms with van der Waals surface area (Å²) in [4.78, 5) is 72.3. The molecule has 0 saturated carbocycles. The van der Waals surface area contributed by atoms with Crippen LogP contribution in [0.3, 0.4) is 0 Å². The third-order valence-electron chi connectivity index (χ3n) is 7.49. The quantitative estimate of drug-likeness (QED) is 0.223. The smallest absolute Gasteiger partial charge is 0.272 e. The average molecular weight is 587 g/mol. The molecule has 11 nitrogen and oxygen atoms in total. The van der Waals surface area contributed by atoms with E-state index >= 15 is 0 Å². The molecule has 3 aromatic rings. The highest BCUT2D eigenvalue weighted by atomic mass is 16.2. The van der Waals surface area contributed by atoms with Crippen LogP contribution in [0.25, 0.3) is 10.8 Å². The summed E-state index contributed by atoms with van der Waals surface area (Å²) < 4.78 is 0. The number of hydrogen-bond donors (Lipinski definition) is 4. The number of hydrogen-bond acceptors (Lipinski definition) is 7. The molecule has 1 fully saturated rings. The Morgan fingerprint density at radius 3 is 2.49 bits per heavy atom. The lowest BCUT2D eigenvalue weighted by Gasteiger charge is -2.27. The molecule has 4 rings (SSSR count). The highest BCUT2D eigenvalue weighted by Gasteiger charge is 2.31. The first kappa shape index (κ1) is 31.3. The molecule has 1 unspecified atom stereocenters. The average Bonchev–Trinajstić information content (AvgIpc) is 3.01. The first-order valence-electron chi connectivity index (χ1n) is 14.6. The van der Waals surface area contributed by atoms with E-state index < -0.39 is 35.8 Å². The van der Waals surface area contributed by atoms with Gasteiger partial charge in [0, 0.05) is 31.3 Å². The Morgan fingerprint density at radius 1 is 1.00 bits per heavy atom. The van der Waals surface area contributed by atoms with E-state index in [2.05, 4.69) is 31.2 Å². The minimum Gasteiger partial charge on any atom is -0.356 e. The molecular formula is C32H38N6O5. The molecule has 0 aliphatic carbocycles. The second-order valence-corrected chi connectivity index (χ2v) is 11.3. The summed E-state index contributed by atoms with van der Waals surface area (Å²) in [5, 5.41) is 13.0. The van der Waals surface area contributed by atoms with E-state index in [1.165, 1.54) is 18.6 Å². The summed E-state index contributed by atoms with van der Waals surface area (Å²) in [6.45, 7) is 4.43. The van der Waals surface area contributed by atoms with Gasteiger partial charge in [-0.1, -0.05) is 56.3 Å². The minimum atomic E-state index is -1.05. The largest absolute Gasteiger partial charge is 0.356 e. The molecule has 0 bridgehead atoms. The van der Waals surface area contributed by atoms with Gasteiger partial charge in [0.25, 0.3) is 5.91 Å². The van der Waals surface area contributed by atoms with Crippen LogP contribution in [0.1, 0.15) is 55.6 Å². The molecule has 4 atom stereocenters. The van der Waals surface area contributed by atoms with Crippen LogP contribution in [0.15, 0.2) is 61.1 Å². The maximum Gasteiger partial charge on any atom is 0.272 e. The van der Waals surface area contributed by atoms with Crippen LogP contribution in [0.2, 0.25) is 0 Å². The van der Waals surface area contributed by atoms with Crippen molar-refractivity contribution in [2.24, 2.45) is 11.8 Å². The number of fused-ring (bicyclic) bond motifs is 1. The van der Waals surface area contributed by atoms with Gasteiger partial charge in [-0.15, -0.1) is 0 Å². The van der Waals surface area contributed by atoms with Crippen LogP contribution < -0.4 is 21.3 Å². The molecule has 4 amide bonds. The Labute approximate surface area is 250 Å². The number of rotatable bonds is 13. The van der Waals surface area contributed by atoms with E-state index in [9.17, 15) is 24.0 Å². The number of nitrogens with zero attached hydrogens (tertiary/aromatic N) is 2. The fourth-order valence-electron chi connectivity index (χ4n) is 5.32. The van der Waals surface area contributed by atoms with Crippen molar-refractivity contribution in [2.45, 2.75) is 64.1 Å². The van der Waals surface area contributed by atoms with Gasteiger partial charge in [0.05, 0.1) is 12.2 Å². The molecule has 2 heterocycles. The van der Waals surface area contributed by atoms with Gasteiger partial charge in [0.15, 0.2) is 0 Å². The Hall–Kier alpha value is -4.67. The monoisotopic (exact) mass is 586 g/mol. The first-order valence-corrected chi connectivity index (χ1v) is 14.6. The zero-order valence-electron chi connectivity index (χ0n) is 24.4. The van der Waals surface area contributed by atoms with Gasteiger partial charge in [-0.2, -0.15) is 0 Å². The number of benzene rings is 2. The van der Waals surface area contributed by atoms with Gasteiger partial charge in [0.2, 0.25) is 17.7 Å². The van der Waals surface area contributed by atoms with Gasteiger partial charge in [-0.05, 0) is 47.9 Å². The Balaban J connectivity index is 1.54. The predicted octanol–water partition coefficient (Wildman–Crippen LogP) is 2.10. The summed E-state index contributed by atoms with van der Waals surface area (Å²) >= 11 is 0. The molecule has 1 saturated heterocycles. The topological polar surface area (TPSA) is 159 Å². The van der Waals surface area contributed by atoms with Crippen LogP contribution in [-0.2, 0) is 25.6 Å². The molecule has 1 aliphatic rings. The zero-order chi connectivity index (χ0) is 30.8. The van der Waals surface area contributed by atoms with E-state index in [1.54, 1.807) is 0 Å². The summed E-state index contributed by atoms with van der Waals surface area (Å²) in [5.74, 6) is -2.14. The summed E-state index contributed by atoms with van der Waals surface area (Å²) in [5.41, 5.74) is 0.893. The van der Waals surface area contributed by atoms with Crippen LogP contribution in [0, 0.1) is 11.8 Å². The normalized spacial score (nSPS) is 16.9. The standard InChI is InChI=1S/C32H38N6O5/c1-20(2)15-26(30(41)36-24(19-39)16-23-10-6-12-35-29(23)40)37-31(42)27(38-32(43)28-18-33-13-14-34-28)17-22-9-5-8-21-7-3-4-11-25(21)22/h3-5,7-9,11,13-14,18-20,23-24,26-27H,6,10,12,15-17H2,1-2H3,(H,35,40)(H,36,41)(H,37,42)(H,38,43)/t23-,24-,26-,27?/m0/s1. The van der Waals surface area contributed by atoms with Crippen LogP contribution in [-0.4, -0.2) is 64.6 Å². The third kappa shape index (κ3) is 8.67. The molecule has 4 N–H and O–H groups in total. The lowest BCUT2D eigenvalue weighted by molar-refractivity contribution is -0.132. The number of nitrogens with one attached hydrogen (secondary N) is 4. The number of piperidine rings is 1. The number of amides is 4. The maximum atomic E-state index is 13.8. The van der Waals surface area contributed by atoms with Gasteiger partial charge < -0.3 is 26.1 Å². The molecule has 11 heteroatoms. The van der Waals surface area contributed by atoms with Crippen LogP contribution in [0.5, 0.6) is 0 Å². The second-order valence-electron chi connectivity index (χ2n) is 11.3. The number of aldehydes is 1. The summed E-state index contributed by atoms with van der Waals surface area (Å²) in [7, 11) is 0. The highest BCUT2D eigenvalue weighted by molar-refractivity contribution is 5.98. The van der Waals surface area contributed by atoms with E-state index in [-0.39, 0.29) is 36.3 Å². The van der Waals surface area contributed by atoms with Crippen molar-refractivity contribution in [3.63, 3.8) is 0 Å². The molecular weight excluding hydrogens is 548 g/mol. The van der Waals surface area contributed by atoms with Gasteiger partial charge in [0.1, 0.15) is 24.1 Å². The molecule has 0 spiro atoms. The minimum absolute atomic E-state index is 0.0283. The fraction of sp³-hybridized carbons (Fsp3) is 0.406. The Bertz CT molecular complexity index is 1440. The molecule has 2 aromatic carbocycles. The maximum absolute atomic E-state index is 13.8. The molecule has 1 aliphatic heterocycles. The molecule has 0 radical (unpaired) electrons. The van der Waals surface area contributed by atoms with E-state index in [4.69, 9.17) is 0 Å². The molecule has 43 heavy (non-hydrogen) atoms. The van der Waals surface area contributed by atoms with Crippen molar-refractivity contribution in [3.05, 3.63) is 72.3 Å². The van der Waals surface area contributed by atoms with Crippen LogP contribution in [0.4, 0.5) is 0 Å². The second kappa shape index (κ2) is 15.0. The Morgan fingerprint density at radius 2 is 1.77 bits per heavy atom. The first-order chi connectivity index (χ1) is 20.7. The van der Waals surface area contributed by atoms with Crippen molar-refractivity contribution in [3.8, 4) is 0 Å². The van der Waals surface area contributed by atoms with Crippen LogP contribution >= 0.6 is 0 Å². The molecule has 1 aromatic heterocycles. The highest BCUT2D eigenvalue weighted by Crippen LogP contribution is 2.21. The summed E-state index contributed by atoms with van der Waals surface area (Å²) in [6.07, 6.45) is 6.84. The zero-order valence-corrected chi connectivity index (χ0v) is 24.4. The molecule has 226 valence electrons. The van der Waals surface area contributed by atoms with Crippen molar-refractivity contribution >= 4 is 40.7 Å². The predicted molar refractivity (Wildman–Crippen MR) is 161 cm³/mol. The van der Waals surface area contributed by atoms with Gasteiger partial charge >= 0.3 is 0 Å². The lowest BCUT2D eigenvalue weighted by atomic mass is 9.91. The van der Waals surface area contributed by atoms with Crippen molar-refractivity contribution in [1.82, 2.24) is 31.2 Å². The lowest BCUT2D eigenvalue weighted by Crippen LogP contribution is -2.56. The van der Waals surface area contributed by atoms with E-state index in [0.29, 0.717) is 25.7 Å². The number of carbonyl (C=O) groups excluding carboxylic acids is 5. The third-order valence-corrected chi connectivity index (χ3v) is 7.49. The van der Waals surface area contributed by atoms with E-state index in [0.717, 1.165) is 22.8 Å². The van der Waals surface area contributed by atoms with Crippen molar-refractivity contribution in [2.75, 3.05) is 6.54 Å². The Kier molecular flexibility index (Phi) is 10.9. The van der Waals surface area contributed by atoms with Gasteiger partial charge in [-0.25, -0.2) is 4.98 Å². The van der Waals surface area contributed by atoms with Crippen molar-refractivity contribution in [1.29, 1.82) is 0 Å². The fourth-order valence-corrected chi connectivity index (χ4v) is 5.32. The summed E-state index contributed by atoms with van der Waals surface area (Å²) in [6, 6.07) is 10.6. The number of carbonyl (C=O) groups is 5. The van der Waals surface area contributed by atoms with Crippen molar-refractivity contribution < 1.29 is 24.0 Å². The van der Waals surface area contributed by atoms with Gasteiger partial charge in [-0.3, -0.25) is 24.2 Å². The SMILES string of the molecule is CC(C)C[C@H](NC(=O)C(Cc1cccc2ccccc12)NC(=O)c1cnccn1)C(=O)N[C@H](C=O)C[C@@H]1CCCNC1=O. The van der Waals surface area contributed by atoms with E-state index in [1.807, 2.05) is 56.3 Å². The number of aromatic nitrogens is 2.